The van der Waals surface area contributed by atoms with Crippen molar-refractivity contribution in [3.63, 3.8) is 0 Å². The highest BCUT2D eigenvalue weighted by Gasteiger charge is 2.44. The summed E-state index contributed by atoms with van der Waals surface area (Å²) in [5.74, 6) is -4.82. The lowest BCUT2D eigenvalue weighted by molar-refractivity contribution is -0.117. The van der Waals surface area contributed by atoms with Gasteiger partial charge in [-0.25, -0.2) is 26.0 Å². The number of benzene rings is 4. The number of amides is 1. The van der Waals surface area contributed by atoms with Crippen molar-refractivity contribution in [2.24, 2.45) is 5.11 Å². The second kappa shape index (κ2) is 13.6. The smallest absolute Gasteiger partial charge is 0.243 e. The Kier molecular flexibility index (Phi) is 9.61. The summed E-state index contributed by atoms with van der Waals surface area (Å²) < 4.78 is 89.8. The van der Waals surface area contributed by atoms with Gasteiger partial charge >= 0.3 is 0 Å². The van der Waals surface area contributed by atoms with Gasteiger partial charge in [-0.2, -0.15) is 4.31 Å². The van der Waals surface area contributed by atoms with E-state index >= 15 is 4.39 Å². The molecule has 46 heavy (non-hydrogen) atoms. The van der Waals surface area contributed by atoms with E-state index in [0.717, 1.165) is 24.3 Å². The van der Waals surface area contributed by atoms with E-state index in [1.807, 2.05) is 0 Å². The lowest BCUT2D eigenvalue weighted by atomic mass is 9.84. The first kappa shape index (κ1) is 32.5. The summed E-state index contributed by atoms with van der Waals surface area (Å²) in [6, 6.07) is 15.2. The Hall–Kier alpha value is -4.91. The number of carbonyl (C=O) groups excluding carboxylic acids is 1. The van der Waals surface area contributed by atoms with E-state index in [2.05, 4.69) is 15.3 Å². The monoisotopic (exact) mass is 653 g/mol. The van der Waals surface area contributed by atoms with Gasteiger partial charge in [0.1, 0.15) is 35.1 Å². The van der Waals surface area contributed by atoms with Crippen LogP contribution in [0.15, 0.2) is 94.9 Å². The fraction of sp³-hybridized carbons (Fsp3) is 0.219. The SMILES string of the molecule is COc1ccc(S(=O)(=O)N2C[C@@H]2CCc2c(F)cccc2NC(=O)[C@@H](N=[N+]=[N-])[C@@H](c2ccc(F)cc2)c2cc(F)cc(F)c2)cc1. The predicted octanol–water partition coefficient (Wildman–Crippen LogP) is 6.71. The number of hydrogen-bond acceptors (Lipinski definition) is 5. The molecule has 0 bridgehead atoms. The molecule has 1 fully saturated rings. The summed E-state index contributed by atoms with van der Waals surface area (Å²) >= 11 is 0. The Morgan fingerprint density at radius 2 is 1.65 bits per heavy atom. The van der Waals surface area contributed by atoms with Crippen LogP contribution in [0, 0.1) is 23.3 Å². The lowest BCUT2D eigenvalue weighted by Crippen LogP contribution is -2.33. The second-order valence-electron chi connectivity index (χ2n) is 10.6. The Balaban J connectivity index is 1.38. The van der Waals surface area contributed by atoms with Crippen LogP contribution in [0.5, 0.6) is 5.75 Å². The molecule has 1 heterocycles. The Labute approximate surface area is 262 Å². The molecule has 1 aliphatic heterocycles. The third-order valence-electron chi connectivity index (χ3n) is 7.67. The molecule has 14 heteroatoms. The van der Waals surface area contributed by atoms with Crippen molar-refractivity contribution in [2.75, 3.05) is 19.0 Å². The summed E-state index contributed by atoms with van der Waals surface area (Å²) in [6.07, 6.45) is 0.282. The molecule has 0 radical (unpaired) electrons. The van der Waals surface area contributed by atoms with Gasteiger partial charge in [-0.05, 0) is 90.2 Å². The fourth-order valence-corrected chi connectivity index (χ4v) is 6.95. The van der Waals surface area contributed by atoms with E-state index in [1.54, 1.807) is 0 Å². The molecule has 1 amide bonds. The first-order valence-corrected chi connectivity index (χ1v) is 15.5. The van der Waals surface area contributed by atoms with E-state index in [0.29, 0.717) is 11.8 Å². The second-order valence-corrected chi connectivity index (χ2v) is 12.5. The molecular weight excluding hydrogens is 626 g/mol. The number of methoxy groups -OCH3 is 1. The molecule has 0 aromatic heterocycles. The third kappa shape index (κ3) is 7.15. The van der Waals surface area contributed by atoms with Crippen LogP contribution in [-0.4, -0.2) is 44.4 Å². The molecule has 4 aromatic rings. The van der Waals surface area contributed by atoms with Crippen LogP contribution in [0.4, 0.5) is 23.2 Å². The quantitative estimate of drug-likeness (QED) is 0.0600. The molecule has 238 valence electrons. The zero-order chi connectivity index (χ0) is 33.0. The molecule has 1 N–H and O–H groups in total. The average Bonchev–Trinajstić information content (AvgIpc) is 3.82. The highest BCUT2D eigenvalue weighted by molar-refractivity contribution is 7.89. The minimum absolute atomic E-state index is 0.0385. The largest absolute Gasteiger partial charge is 0.497 e. The zero-order valence-corrected chi connectivity index (χ0v) is 25.1. The summed E-state index contributed by atoms with van der Waals surface area (Å²) in [5, 5.41) is 6.19. The molecule has 1 saturated heterocycles. The number of halogens is 4. The van der Waals surface area contributed by atoms with Crippen LogP contribution >= 0.6 is 0 Å². The number of nitrogens with one attached hydrogen (secondary N) is 1. The van der Waals surface area contributed by atoms with Gasteiger partial charge in [0.05, 0.1) is 12.0 Å². The molecule has 1 unspecified atom stereocenters. The summed E-state index contributed by atoms with van der Waals surface area (Å²) in [5.41, 5.74) is 9.64. The van der Waals surface area contributed by atoms with Gasteiger partial charge in [0.2, 0.25) is 15.9 Å². The highest BCUT2D eigenvalue weighted by atomic mass is 32.2. The number of carbonyl (C=O) groups is 1. The van der Waals surface area contributed by atoms with Gasteiger partial charge in [-0.3, -0.25) is 4.79 Å². The zero-order valence-electron chi connectivity index (χ0n) is 24.3. The topological polar surface area (TPSA) is 124 Å². The van der Waals surface area contributed by atoms with Crippen LogP contribution < -0.4 is 10.1 Å². The molecular formula is C32H27F4N5O4S. The van der Waals surface area contributed by atoms with E-state index in [-0.39, 0.29) is 46.7 Å². The minimum Gasteiger partial charge on any atom is -0.497 e. The number of ether oxygens (including phenoxy) is 1. The number of sulfonamides is 1. The van der Waals surface area contributed by atoms with Crippen molar-refractivity contribution in [1.29, 1.82) is 0 Å². The molecule has 5 rings (SSSR count). The summed E-state index contributed by atoms with van der Waals surface area (Å²) in [4.78, 5) is 16.5. The summed E-state index contributed by atoms with van der Waals surface area (Å²) in [7, 11) is -2.31. The normalized spacial score (nSPS) is 17.0. The lowest BCUT2D eigenvalue weighted by Gasteiger charge is -2.25. The van der Waals surface area contributed by atoms with Crippen LogP contribution in [0.3, 0.4) is 0 Å². The van der Waals surface area contributed by atoms with Crippen molar-refractivity contribution >= 4 is 21.6 Å². The number of hydrogen-bond donors (Lipinski definition) is 1. The molecule has 1 aliphatic rings. The van der Waals surface area contributed by atoms with Crippen molar-refractivity contribution < 1.29 is 35.5 Å². The van der Waals surface area contributed by atoms with Gasteiger partial charge in [0.15, 0.2) is 0 Å². The van der Waals surface area contributed by atoms with Crippen LogP contribution in [0.25, 0.3) is 10.4 Å². The van der Waals surface area contributed by atoms with Gasteiger partial charge in [0.25, 0.3) is 0 Å². The highest BCUT2D eigenvalue weighted by Crippen LogP contribution is 2.35. The fourth-order valence-electron chi connectivity index (χ4n) is 5.33. The van der Waals surface area contributed by atoms with E-state index in [9.17, 15) is 31.9 Å². The van der Waals surface area contributed by atoms with Crippen molar-refractivity contribution in [2.45, 2.75) is 35.7 Å². The Morgan fingerprint density at radius 1 is 0.978 bits per heavy atom. The maximum atomic E-state index is 15.1. The predicted molar refractivity (Wildman–Crippen MR) is 162 cm³/mol. The van der Waals surface area contributed by atoms with E-state index < -0.39 is 57.2 Å². The van der Waals surface area contributed by atoms with Gasteiger partial charge in [-0.15, -0.1) is 0 Å². The van der Waals surface area contributed by atoms with Crippen LogP contribution in [0.1, 0.15) is 29.0 Å². The van der Waals surface area contributed by atoms with Gasteiger partial charge in [0, 0.05) is 40.7 Å². The number of azide groups is 1. The maximum absolute atomic E-state index is 15.1. The molecule has 0 spiro atoms. The third-order valence-corrected chi connectivity index (χ3v) is 9.60. The van der Waals surface area contributed by atoms with Crippen molar-refractivity contribution in [1.82, 2.24) is 4.31 Å². The minimum atomic E-state index is -3.78. The van der Waals surface area contributed by atoms with Gasteiger partial charge in [-0.1, -0.05) is 23.3 Å². The number of anilines is 1. The van der Waals surface area contributed by atoms with E-state index in [1.165, 1.54) is 66.0 Å². The molecule has 4 atom stereocenters. The van der Waals surface area contributed by atoms with Crippen LogP contribution in [-0.2, 0) is 21.2 Å². The molecule has 0 aliphatic carbocycles. The Bertz CT molecular complexity index is 1880. The van der Waals surface area contributed by atoms with Crippen LogP contribution in [0.2, 0.25) is 0 Å². The molecule has 0 saturated carbocycles. The average molecular weight is 654 g/mol. The maximum Gasteiger partial charge on any atom is 0.243 e. The Morgan fingerprint density at radius 3 is 2.28 bits per heavy atom. The standard InChI is InChI=1S/C32H27F4N5O4S/c1-45-25-10-12-26(13-11-25)46(43,44)41-18-24(41)9-14-27-28(36)3-2-4-29(27)38-32(42)31(39-40-37)30(19-5-7-21(33)8-6-19)20-15-22(34)17-23(35)16-20/h2-8,10-13,15-17,24,30-31H,9,14,18H2,1H3,(H,38,42)/t24-,30-,31-,41?/m0/s1. The summed E-state index contributed by atoms with van der Waals surface area (Å²) in [6.45, 7) is 0.229. The number of rotatable bonds is 12. The molecule has 9 nitrogen and oxygen atoms in total. The number of nitrogens with zero attached hydrogens (tertiary/aromatic N) is 4. The van der Waals surface area contributed by atoms with Gasteiger partial charge < -0.3 is 10.1 Å². The molecule has 4 aromatic carbocycles. The van der Waals surface area contributed by atoms with E-state index in [4.69, 9.17) is 4.74 Å². The first-order valence-electron chi connectivity index (χ1n) is 14.0. The first-order chi connectivity index (χ1) is 22.0. The van der Waals surface area contributed by atoms with Crippen molar-refractivity contribution in [3.8, 4) is 5.75 Å². The van der Waals surface area contributed by atoms with Crippen molar-refractivity contribution in [3.05, 3.63) is 135 Å².